The zero-order valence-electron chi connectivity index (χ0n) is 20.1. The van der Waals surface area contributed by atoms with Gasteiger partial charge in [0.05, 0.1) is 23.4 Å². The number of fused-ring (bicyclic) bond motifs is 2. The Kier molecular flexibility index (Phi) is 5.61. The highest BCUT2D eigenvalue weighted by atomic mass is 16.3. The highest BCUT2D eigenvalue weighted by molar-refractivity contribution is 5.94. The maximum atomic E-state index is 12.7. The van der Waals surface area contributed by atoms with Gasteiger partial charge in [-0.3, -0.25) is 9.89 Å². The topological polar surface area (TPSA) is 144 Å². The fraction of sp³-hybridized carbons (Fsp3) is 0.346. The Bertz CT molecular complexity index is 1410. The van der Waals surface area contributed by atoms with Crippen LogP contribution >= 0.6 is 0 Å². The number of H-pyrrole nitrogens is 2. The van der Waals surface area contributed by atoms with Gasteiger partial charge >= 0.3 is 0 Å². The number of aliphatic hydroxyl groups is 1. The van der Waals surface area contributed by atoms with Gasteiger partial charge in [-0.25, -0.2) is 4.98 Å². The van der Waals surface area contributed by atoms with Crippen molar-refractivity contribution in [2.75, 3.05) is 6.54 Å². The second-order valence-corrected chi connectivity index (χ2v) is 9.68. The molecule has 3 heterocycles. The first kappa shape index (κ1) is 23.1. The molecule has 0 bridgehead atoms. The average Bonchev–Trinajstić information content (AvgIpc) is 3.45. The number of carbonyl (C=O) groups excluding carboxylic acids is 1. The largest absolute Gasteiger partial charge is 0.508 e. The maximum Gasteiger partial charge on any atom is 0.242 e. The van der Waals surface area contributed by atoms with Crippen molar-refractivity contribution < 1.29 is 15.0 Å². The molecule has 35 heavy (non-hydrogen) atoms. The van der Waals surface area contributed by atoms with Crippen LogP contribution in [0.3, 0.4) is 0 Å². The Morgan fingerprint density at radius 2 is 2.06 bits per heavy atom. The molecule has 2 aromatic heterocycles. The first-order chi connectivity index (χ1) is 16.7. The number of aryl methyl sites for hydroxylation is 1. The number of carbonyl (C=O) groups is 1. The van der Waals surface area contributed by atoms with Crippen molar-refractivity contribution in [1.29, 1.82) is 0 Å². The number of phenolic OH excluding ortho intramolecular Hbond substituents is 1. The van der Waals surface area contributed by atoms with Crippen LogP contribution in [0.1, 0.15) is 37.7 Å². The van der Waals surface area contributed by atoms with Crippen LogP contribution < -0.4 is 5.73 Å². The molecule has 0 unspecified atom stereocenters. The van der Waals surface area contributed by atoms with Gasteiger partial charge in [-0.2, -0.15) is 5.10 Å². The summed E-state index contributed by atoms with van der Waals surface area (Å²) >= 11 is 0. The lowest BCUT2D eigenvalue weighted by molar-refractivity contribution is -0.138. The molecule has 4 aromatic rings. The fourth-order valence-corrected chi connectivity index (χ4v) is 4.61. The number of hydrogen-bond acceptors (Lipinski definition) is 6. The molecular formula is C26H30N6O3. The summed E-state index contributed by atoms with van der Waals surface area (Å²) in [5.74, 6) is 0.625. The molecule has 0 fully saturated rings. The van der Waals surface area contributed by atoms with E-state index in [-0.39, 0.29) is 11.7 Å². The van der Waals surface area contributed by atoms with Crippen molar-refractivity contribution in [2.24, 2.45) is 5.73 Å². The Labute approximate surface area is 203 Å². The molecule has 2 aromatic carbocycles. The highest BCUT2D eigenvalue weighted by Gasteiger charge is 2.35. The molecule has 0 spiro atoms. The number of aromatic hydroxyl groups is 1. The smallest absolute Gasteiger partial charge is 0.242 e. The minimum atomic E-state index is -1.29. The van der Waals surface area contributed by atoms with E-state index < -0.39 is 11.6 Å². The van der Waals surface area contributed by atoms with E-state index in [2.05, 4.69) is 28.2 Å². The molecule has 1 amide bonds. The number of imidazole rings is 1. The number of phenols is 1. The van der Waals surface area contributed by atoms with Gasteiger partial charge in [-0.1, -0.05) is 19.1 Å². The highest BCUT2D eigenvalue weighted by Crippen LogP contribution is 2.33. The van der Waals surface area contributed by atoms with Crippen molar-refractivity contribution in [3.05, 3.63) is 53.3 Å². The second kappa shape index (κ2) is 8.51. The minimum absolute atomic E-state index is 0.264. The Morgan fingerprint density at radius 1 is 1.26 bits per heavy atom. The number of rotatable bonds is 5. The number of hydrogen-bond donors (Lipinski definition) is 5. The van der Waals surface area contributed by atoms with Crippen LogP contribution in [0.15, 0.2) is 36.4 Å². The van der Waals surface area contributed by atoms with E-state index in [4.69, 9.17) is 10.7 Å². The third kappa shape index (κ3) is 4.17. The molecule has 0 radical (unpaired) electrons. The van der Waals surface area contributed by atoms with Crippen molar-refractivity contribution in [3.63, 3.8) is 0 Å². The normalized spacial score (nSPS) is 14.8. The Hall–Kier alpha value is -3.69. The molecule has 1 atom stereocenters. The van der Waals surface area contributed by atoms with Crippen molar-refractivity contribution in [3.8, 4) is 28.4 Å². The summed E-state index contributed by atoms with van der Waals surface area (Å²) in [6.45, 7) is 5.99. The van der Waals surface area contributed by atoms with Crippen LogP contribution in [0, 0.1) is 0 Å². The summed E-state index contributed by atoms with van der Waals surface area (Å²) in [6, 6.07) is 10.6. The number of amides is 1. The zero-order chi connectivity index (χ0) is 24.9. The van der Waals surface area contributed by atoms with Gasteiger partial charge in [-0.05, 0) is 61.2 Å². The fourth-order valence-electron chi connectivity index (χ4n) is 4.61. The van der Waals surface area contributed by atoms with Crippen molar-refractivity contribution >= 4 is 16.8 Å². The van der Waals surface area contributed by atoms with E-state index in [9.17, 15) is 15.0 Å². The van der Waals surface area contributed by atoms with E-state index >= 15 is 0 Å². The molecule has 182 valence electrons. The van der Waals surface area contributed by atoms with E-state index in [1.54, 1.807) is 17.0 Å². The number of aromatic nitrogens is 4. The van der Waals surface area contributed by atoms with Gasteiger partial charge in [0.2, 0.25) is 5.91 Å². The molecule has 6 N–H and O–H groups in total. The lowest BCUT2D eigenvalue weighted by Crippen LogP contribution is -2.55. The zero-order valence-corrected chi connectivity index (χ0v) is 20.1. The third-order valence-electron chi connectivity index (χ3n) is 6.74. The molecule has 9 nitrogen and oxygen atoms in total. The van der Waals surface area contributed by atoms with Crippen molar-refractivity contribution in [2.45, 2.75) is 51.8 Å². The van der Waals surface area contributed by atoms with E-state index in [1.807, 2.05) is 18.2 Å². The first-order valence-corrected chi connectivity index (χ1v) is 11.8. The number of nitrogens with zero attached hydrogens (tertiary/aromatic N) is 3. The number of aromatic amines is 2. The lowest BCUT2D eigenvalue weighted by atomic mass is 9.97. The number of nitrogens with two attached hydrogens (primary N) is 1. The number of benzene rings is 2. The molecule has 9 heteroatoms. The van der Waals surface area contributed by atoms with Gasteiger partial charge in [0.1, 0.15) is 17.5 Å². The van der Waals surface area contributed by atoms with Crippen LogP contribution in [0.25, 0.3) is 33.5 Å². The van der Waals surface area contributed by atoms with Gasteiger partial charge in [0, 0.05) is 24.0 Å². The maximum absolute atomic E-state index is 12.7. The van der Waals surface area contributed by atoms with Gasteiger partial charge < -0.3 is 25.8 Å². The molecule has 5 rings (SSSR count). The standard InChI is InChI=1S/C26H30N6O3/c1-4-14-11-16(33)6-8-17(14)15-5-7-18-20(12-15)30-31-22(18)24-28-19-9-10-32(13-21(19)29-24)25(34)23(27)26(2,3)35/h5-8,11-12,23,33,35H,4,9-10,13,27H2,1-3H3,(H,28,29)(H,30,31)/t23-/m1/s1. The van der Waals surface area contributed by atoms with Gasteiger partial charge in [0.25, 0.3) is 0 Å². The van der Waals surface area contributed by atoms with Crippen LogP contribution in [0.2, 0.25) is 0 Å². The first-order valence-electron chi connectivity index (χ1n) is 11.8. The summed E-state index contributed by atoms with van der Waals surface area (Å²) in [5.41, 5.74) is 11.2. The monoisotopic (exact) mass is 474 g/mol. The van der Waals surface area contributed by atoms with Crippen molar-refractivity contribution in [1.82, 2.24) is 25.1 Å². The Balaban J connectivity index is 1.43. The predicted molar refractivity (Wildman–Crippen MR) is 134 cm³/mol. The average molecular weight is 475 g/mol. The third-order valence-corrected chi connectivity index (χ3v) is 6.74. The summed E-state index contributed by atoms with van der Waals surface area (Å²) < 4.78 is 0. The molecule has 0 aliphatic carbocycles. The minimum Gasteiger partial charge on any atom is -0.508 e. The number of nitrogens with one attached hydrogen (secondary N) is 2. The Morgan fingerprint density at radius 3 is 2.80 bits per heavy atom. The van der Waals surface area contributed by atoms with Crippen LogP contribution in [0.4, 0.5) is 0 Å². The SMILES string of the molecule is CCc1cc(O)ccc1-c1ccc2c(-c3nc4c([nH]3)CCN(C(=O)[C@@H](N)C(C)(C)O)C4)n[nH]c2c1. The summed E-state index contributed by atoms with van der Waals surface area (Å²) in [7, 11) is 0. The molecular weight excluding hydrogens is 444 g/mol. The van der Waals surface area contributed by atoms with Crippen LogP contribution in [-0.2, 0) is 24.2 Å². The van der Waals surface area contributed by atoms with Crippen LogP contribution in [-0.4, -0.2) is 59.4 Å². The molecule has 1 aliphatic rings. The second-order valence-electron chi connectivity index (χ2n) is 9.68. The van der Waals surface area contributed by atoms with Gasteiger partial charge in [-0.15, -0.1) is 0 Å². The summed E-state index contributed by atoms with van der Waals surface area (Å²) in [5, 5.41) is 28.5. The van der Waals surface area contributed by atoms with Crippen LogP contribution in [0.5, 0.6) is 5.75 Å². The summed E-state index contributed by atoms with van der Waals surface area (Å²) in [6.07, 6.45) is 1.44. The molecule has 1 aliphatic heterocycles. The predicted octanol–water partition coefficient (Wildman–Crippen LogP) is 2.87. The summed E-state index contributed by atoms with van der Waals surface area (Å²) in [4.78, 5) is 22.5. The molecule has 0 saturated heterocycles. The molecule has 0 saturated carbocycles. The van der Waals surface area contributed by atoms with E-state index in [0.717, 1.165) is 45.4 Å². The quantitative estimate of drug-likeness (QED) is 0.301. The lowest BCUT2D eigenvalue weighted by Gasteiger charge is -2.32. The van der Waals surface area contributed by atoms with E-state index in [0.29, 0.717) is 31.0 Å². The van der Waals surface area contributed by atoms with E-state index in [1.165, 1.54) is 13.8 Å². The van der Waals surface area contributed by atoms with Gasteiger partial charge in [0.15, 0.2) is 5.82 Å².